The molecule has 5 rings (SSSR count). The van der Waals surface area contributed by atoms with Crippen LogP contribution in [0.25, 0.3) is 11.1 Å². The zero-order valence-corrected chi connectivity index (χ0v) is 16.9. The molecular weight excluding hydrogens is 413 g/mol. The Balaban J connectivity index is 1.36. The summed E-state index contributed by atoms with van der Waals surface area (Å²) in [5.74, 6) is 0.639. The van der Waals surface area contributed by atoms with E-state index in [1.54, 1.807) is 17.9 Å². The lowest BCUT2D eigenvalue weighted by atomic mass is 9.90. The monoisotopic (exact) mass is 434 g/mol. The number of hydrogen-bond donors (Lipinski definition) is 0. The maximum atomic E-state index is 13.7. The maximum Gasteiger partial charge on any atom is 0.417 e. The minimum absolute atomic E-state index is 0.0694. The van der Waals surface area contributed by atoms with E-state index in [2.05, 4.69) is 15.3 Å². The first kappa shape index (κ1) is 20.0. The van der Waals surface area contributed by atoms with Gasteiger partial charge in [-0.25, -0.2) is 4.98 Å². The van der Waals surface area contributed by atoms with Crippen LogP contribution in [0.4, 0.5) is 13.2 Å². The lowest BCUT2D eigenvalue weighted by Crippen LogP contribution is -2.38. The van der Waals surface area contributed by atoms with Gasteiger partial charge in [0.15, 0.2) is 5.69 Å². The zero-order valence-electron chi connectivity index (χ0n) is 16.9. The van der Waals surface area contributed by atoms with Crippen molar-refractivity contribution in [2.45, 2.75) is 57.0 Å². The first-order chi connectivity index (χ1) is 14.8. The fourth-order valence-corrected chi connectivity index (χ4v) is 4.18. The molecule has 2 aliphatic rings. The van der Waals surface area contributed by atoms with E-state index in [0.29, 0.717) is 44.0 Å². The van der Waals surface area contributed by atoms with Crippen molar-refractivity contribution in [1.82, 2.24) is 20.2 Å². The Bertz CT molecular complexity index is 1120. The molecule has 164 valence electrons. The van der Waals surface area contributed by atoms with E-state index in [1.807, 2.05) is 0 Å². The molecule has 0 unspecified atom stereocenters. The average molecular weight is 434 g/mol. The molecule has 1 amide bonds. The number of fused-ring (bicyclic) bond motifs is 1. The van der Waals surface area contributed by atoms with Gasteiger partial charge in [0, 0.05) is 36.7 Å². The first-order valence-corrected chi connectivity index (χ1v) is 10.5. The minimum Gasteiger partial charge on any atom is -0.360 e. The summed E-state index contributed by atoms with van der Waals surface area (Å²) in [7, 11) is 0. The Hall–Kier alpha value is -2.91. The summed E-state index contributed by atoms with van der Waals surface area (Å²) in [4.78, 5) is 18.6. The number of pyridine rings is 1. The van der Waals surface area contributed by atoms with Gasteiger partial charge in [0.25, 0.3) is 11.6 Å². The third-order valence-electron chi connectivity index (χ3n) is 6.09. The highest BCUT2D eigenvalue weighted by molar-refractivity contribution is 5.92. The summed E-state index contributed by atoms with van der Waals surface area (Å²) in [5.41, 5.74) is 0.000679. The fourth-order valence-electron chi connectivity index (χ4n) is 4.18. The number of nitrogens with zero attached hydrogens (tertiary/aromatic N) is 4. The van der Waals surface area contributed by atoms with Crippen LogP contribution in [0.2, 0.25) is 0 Å². The van der Waals surface area contributed by atoms with Gasteiger partial charge in [0.05, 0.1) is 16.6 Å². The second-order valence-electron chi connectivity index (χ2n) is 8.22. The summed E-state index contributed by atoms with van der Waals surface area (Å²) < 4.78 is 51.6. The Morgan fingerprint density at radius 2 is 1.84 bits per heavy atom. The Kier molecular flexibility index (Phi) is 4.75. The van der Waals surface area contributed by atoms with Crippen LogP contribution in [0.3, 0.4) is 0 Å². The molecule has 0 atom stereocenters. The predicted molar refractivity (Wildman–Crippen MR) is 103 cm³/mol. The minimum atomic E-state index is -4.53. The van der Waals surface area contributed by atoms with Gasteiger partial charge in [-0.3, -0.25) is 4.79 Å². The van der Waals surface area contributed by atoms with Crippen molar-refractivity contribution < 1.29 is 27.0 Å². The standard InChI is InChI=1S/C21H21F3N4O3/c1-2-13-9-14(21(22,23)24)17-18(27-31-19(17)25-13)12-5-7-28(8-6-12)20(29)15-10-16(30-26-15)11-3-4-11/h9-12H,2-8H2,1H3. The highest BCUT2D eigenvalue weighted by Gasteiger charge is 2.38. The van der Waals surface area contributed by atoms with E-state index < -0.39 is 11.7 Å². The van der Waals surface area contributed by atoms with Crippen molar-refractivity contribution in [3.05, 3.63) is 40.5 Å². The summed E-state index contributed by atoms with van der Waals surface area (Å²) in [6.45, 7) is 2.53. The van der Waals surface area contributed by atoms with Crippen molar-refractivity contribution in [3.8, 4) is 0 Å². The van der Waals surface area contributed by atoms with Crippen LogP contribution >= 0.6 is 0 Å². The molecule has 0 radical (unpaired) electrons. The summed E-state index contributed by atoms with van der Waals surface area (Å²) in [5, 5.41) is 7.78. The maximum absolute atomic E-state index is 13.7. The molecule has 31 heavy (non-hydrogen) atoms. The molecule has 2 fully saturated rings. The number of carbonyl (C=O) groups is 1. The molecule has 10 heteroatoms. The first-order valence-electron chi connectivity index (χ1n) is 10.5. The molecule has 3 aromatic rings. The highest BCUT2D eigenvalue weighted by Crippen LogP contribution is 2.41. The quantitative estimate of drug-likeness (QED) is 0.592. The molecule has 0 aromatic carbocycles. The van der Waals surface area contributed by atoms with Gasteiger partial charge < -0.3 is 13.9 Å². The average Bonchev–Trinajstić information content (AvgIpc) is 3.33. The topological polar surface area (TPSA) is 85.3 Å². The molecule has 1 aliphatic heterocycles. The lowest BCUT2D eigenvalue weighted by Gasteiger charge is -2.30. The number of aryl methyl sites for hydroxylation is 1. The Morgan fingerprint density at radius 1 is 1.10 bits per heavy atom. The number of alkyl halides is 3. The van der Waals surface area contributed by atoms with Crippen molar-refractivity contribution in [1.29, 1.82) is 0 Å². The van der Waals surface area contributed by atoms with Crippen molar-refractivity contribution in [3.63, 3.8) is 0 Å². The van der Waals surface area contributed by atoms with Gasteiger partial charge in [0.1, 0.15) is 5.76 Å². The number of amides is 1. The number of piperidine rings is 1. The number of halogens is 3. The van der Waals surface area contributed by atoms with Crippen molar-refractivity contribution in [2.24, 2.45) is 0 Å². The third kappa shape index (κ3) is 3.68. The largest absolute Gasteiger partial charge is 0.417 e. The number of aromatic nitrogens is 3. The van der Waals surface area contributed by atoms with Crippen LogP contribution in [0.5, 0.6) is 0 Å². The molecule has 0 spiro atoms. The molecule has 1 saturated heterocycles. The molecule has 0 N–H and O–H groups in total. The second kappa shape index (κ2) is 7.35. The summed E-state index contributed by atoms with van der Waals surface area (Å²) in [6, 6.07) is 2.77. The van der Waals surface area contributed by atoms with Gasteiger partial charge in [-0.1, -0.05) is 17.2 Å². The van der Waals surface area contributed by atoms with Gasteiger partial charge in [-0.2, -0.15) is 13.2 Å². The van der Waals surface area contributed by atoms with Crippen LogP contribution in [-0.2, 0) is 12.6 Å². The van der Waals surface area contributed by atoms with Crippen LogP contribution in [-0.4, -0.2) is 39.2 Å². The molecule has 3 aromatic heterocycles. The van der Waals surface area contributed by atoms with Crippen LogP contribution in [0.15, 0.2) is 21.2 Å². The Labute approximate surface area is 175 Å². The van der Waals surface area contributed by atoms with E-state index in [1.165, 1.54) is 0 Å². The normalized spacial score (nSPS) is 18.1. The predicted octanol–water partition coefficient (Wildman–Crippen LogP) is 4.69. The molecule has 1 aliphatic carbocycles. The molecule has 4 heterocycles. The number of hydrogen-bond acceptors (Lipinski definition) is 6. The van der Waals surface area contributed by atoms with E-state index in [9.17, 15) is 18.0 Å². The second-order valence-corrected chi connectivity index (χ2v) is 8.22. The van der Waals surface area contributed by atoms with Gasteiger partial charge in [-0.15, -0.1) is 0 Å². The number of carbonyl (C=O) groups excluding carboxylic acids is 1. The molecular formula is C21H21F3N4O3. The smallest absolute Gasteiger partial charge is 0.360 e. The van der Waals surface area contributed by atoms with E-state index >= 15 is 0 Å². The third-order valence-corrected chi connectivity index (χ3v) is 6.09. The van der Waals surface area contributed by atoms with Crippen LogP contribution in [0.1, 0.15) is 77.6 Å². The SMILES string of the molecule is CCc1cc(C(F)(F)F)c2c(C3CCN(C(=O)c4cc(C5CC5)on4)CC3)noc2n1. The zero-order chi connectivity index (χ0) is 21.8. The molecule has 7 nitrogen and oxygen atoms in total. The van der Waals surface area contributed by atoms with E-state index in [0.717, 1.165) is 24.7 Å². The summed E-state index contributed by atoms with van der Waals surface area (Å²) in [6.07, 6.45) is -1.11. The van der Waals surface area contributed by atoms with Crippen molar-refractivity contribution >= 4 is 17.0 Å². The van der Waals surface area contributed by atoms with Gasteiger partial charge in [-0.05, 0) is 38.2 Å². The van der Waals surface area contributed by atoms with Crippen molar-refractivity contribution in [2.75, 3.05) is 13.1 Å². The number of likely N-dealkylation sites (tertiary alicyclic amines) is 1. The lowest BCUT2D eigenvalue weighted by molar-refractivity contribution is -0.136. The van der Waals surface area contributed by atoms with E-state index in [4.69, 9.17) is 9.05 Å². The number of rotatable bonds is 4. The van der Waals surface area contributed by atoms with E-state index in [-0.39, 0.29) is 34.3 Å². The summed E-state index contributed by atoms with van der Waals surface area (Å²) >= 11 is 0. The Morgan fingerprint density at radius 3 is 2.48 bits per heavy atom. The van der Waals surface area contributed by atoms with Crippen LogP contribution in [0, 0.1) is 0 Å². The van der Waals surface area contributed by atoms with Gasteiger partial charge in [0.2, 0.25) is 0 Å². The highest BCUT2D eigenvalue weighted by atomic mass is 19.4. The van der Waals surface area contributed by atoms with Crippen LogP contribution < -0.4 is 0 Å². The fraction of sp³-hybridized carbons (Fsp3) is 0.524. The molecule has 0 bridgehead atoms. The molecule has 1 saturated carbocycles. The van der Waals surface area contributed by atoms with Gasteiger partial charge >= 0.3 is 6.18 Å².